The minimum Gasteiger partial charge on any atom is -0.486 e. The Hall–Kier alpha value is -2.52. The Balaban J connectivity index is 1.67. The van der Waals surface area contributed by atoms with Crippen molar-refractivity contribution in [3.8, 4) is 17.6 Å². The molecule has 6 heteroatoms. The maximum absolute atomic E-state index is 12.3. The van der Waals surface area contributed by atoms with Crippen LogP contribution >= 0.6 is 15.9 Å². The molecular weight excluding hydrogens is 372 g/mol. The number of amides is 1. The highest BCUT2D eigenvalue weighted by molar-refractivity contribution is 9.10. The number of nitrogens with one attached hydrogen (secondary N) is 1. The van der Waals surface area contributed by atoms with Gasteiger partial charge in [0.05, 0.1) is 18.9 Å². The molecule has 2 aromatic carbocycles. The fourth-order valence-corrected chi connectivity index (χ4v) is 2.88. The lowest BCUT2D eigenvalue weighted by atomic mass is 10.1. The van der Waals surface area contributed by atoms with Crippen LogP contribution in [0.15, 0.2) is 40.9 Å². The van der Waals surface area contributed by atoms with E-state index in [-0.39, 0.29) is 12.3 Å². The van der Waals surface area contributed by atoms with Crippen molar-refractivity contribution in [3.05, 3.63) is 52.0 Å². The predicted octanol–water partition coefficient (Wildman–Crippen LogP) is 3.47. The molecule has 2 aromatic rings. The molecule has 0 atom stereocenters. The van der Waals surface area contributed by atoms with Gasteiger partial charge >= 0.3 is 0 Å². The van der Waals surface area contributed by atoms with Crippen LogP contribution in [-0.4, -0.2) is 19.1 Å². The van der Waals surface area contributed by atoms with E-state index in [1.807, 2.05) is 24.3 Å². The molecule has 0 aliphatic carbocycles. The molecule has 0 spiro atoms. The molecule has 122 valence electrons. The lowest BCUT2D eigenvalue weighted by Crippen LogP contribution is -2.17. The second-order valence-electron chi connectivity index (χ2n) is 5.34. The Bertz CT molecular complexity index is 797. The summed E-state index contributed by atoms with van der Waals surface area (Å²) >= 11 is 3.47. The van der Waals surface area contributed by atoms with Crippen LogP contribution in [-0.2, 0) is 17.6 Å². The fraction of sp³-hybridized carbons (Fsp3) is 0.222. The Morgan fingerprint density at radius 2 is 1.83 bits per heavy atom. The molecule has 1 aliphatic heterocycles. The maximum Gasteiger partial charge on any atom is 0.228 e. The van der Waals surface area contributed by atoms with E-state index in [9.17, 15) is 4.79 Å². The van der Waals surface area contributed by atoms with Crippen molar-refractivity contribution in [1.82, 2.24) is 0 Å². The summed E-state index contributed by atoms with van der Waals surface area (Å²) in [4.78, 5) is 12.3. The number of rotatable bonds is 4. The van der Waals surface area contributed by atoms with Crippen molar-refractivity contribution in [2.75, 3.05) is 18.5 Å². The van der Waals surface area contributed by atoms with Gasteiger partial charge < -0.3 is 14.8 Å². The molecule has 0 saturated heterocycles. The molecule has 1 amide bonds. The van der Waals surface area contributed by atoms with Crippen LogP contribution in [0.3, 0.4) is 0 Å². The molecule has 1 N–H and O–H groups in total. The van der Waals surface area contributed by atoms with Gasteiger partial charge in [-0.3, -0.25) is 4.79 Å². The summed E-state index contributed by atoms with van der Waals surface area (Å²) < 4.78 is 11.9. The van der Waals surface area contributed by atoms with Crippen LogP contribution in [0.5, 0.6) is 11.5 Å². The van der Waals surface area contributed by atoms with Crippen LogP contribution in [0.1, 0.15) is 11.1 Å². The molecule has 0 aromatic heterocycles. The van der Waals surface area contributed by atoms with Gasteiger partial charge in [0, 0.05) is 10.2 Å². The number of anilines is 1. The summed E-state index contributed by atoms with van der Waals surface area (Å²) in [5.41, 5.74) is 2.46. The Kier molecular flexibility index (Phi) is 5.02. The molecule has 5 nitrogen and oxygen atoms in total. The van der Waals surface area contributed by atoms with E-state index < -0.39 is 0 Å². The molecule has 1 heterocycles. The zero-order valence-corrected chi connectivity index (χ0v) is 14.4. The van der Waals surface area contributed by atoms with E-state index in [2.05, 4.69) is 27.3 Å². The molecule has 0 unspecified atom stereocenters. The molecule has 24 heavy (non-hydrogen) atoms. The minimum atomic E-state index is -0.125. The summed E-state index contributed by atoms with van der Waals surface area (Å²) in [6.07, 6.45) is 0.579. The third-order valence-electron chi connectivity index (χ3n) is 3.58. The number of halogens is 1. The van der Waals surface area contributed by atoms with E-state index >= 15 is 0 Å². The monoisotopic (exact) mass is 386 g/mol. The van der Waals surface area contributed by atoms with Gasteiger partial charge in [0.1, 0.15) is 13.2 Å². The normalized spacial score (nSPS) is 12.3. The fourth-order valence-electron chi connectivity index (χ4n) is 2.42. The zero-order valence-electron chi connectivity index (χ0n) is 12.8. The predicted molar refractivity (Wildman–Crippen MR) is 93.2 cm³/mol. The lowest BCUT2D eigenvalue weighted by Gasteiger charge is -2.19. The first kappa shape index (κ1) is 16.3. The third-order valence-corrected chi connectivity index (χ3v) is 4.32. The van der Waals surface area contributed by atoms with Gasteiger partial charge in [-0.25, -0.2) is 0 Å². The highest BCUT2D eigenvalue weighted by Crippen LogP contribution is 2.35. The van der Waals surface area contributed by atoms with Crippen LogP contribution in [0.25, 0.3) is 0 Å². The average molecular weight is 387 g/mol. The van der Waals surface area contributed by atoms with E-state index in [1.54, 1.807) is 12.1 Å². The number of ether oxygens (including phenoxy) is 2. The number of nitrogens with zero attached hydrogens (tertiary/aromatic N) is 1. The van der Waals surface area contributed by atoms with Gasteiger partial charge in [0.2, 0.25) is 5.91 Å². The topological polar surface area (TPSA) is 71.4 Å². The van der Waals surface area contributed by atoms with Gasteiger partial charge in [0.15, 0.2) is 11.5 Å². The van der Waals surface area contributed by atoms with Crippen molar-refractivity contribution < 1.29 is 14.3 Å². The SMILES string of the molecule is N#CCc1ccc(NC(=O)Cc2cc3c(cc2Br)OCCO3)cc1. The molecular formula is C18H15BrN2O3. The number of carbonyl (C=O) groups is 1. The second-order valence-corrected chi connectivity index (χ2v) is 6.20. The quantitative estimate of drug-likeness (QED) is 0.872. The number of hydrogen-bond acceptors (Lipinski definition) is 4. The van der Waals surface area contributed by atoms with Crippen LogP contribution in [0.2, 0.25) is 0 Å². The molecule has 0 fully saturated rings. The average Bonchev–Trinajstić information content (AvgIpc) is 2.57. The van der Waals surface area contributed by atoms with Crippen molar-refractivity contribution in [2.45, 2.75) is 12.8 Å². The summed E-state index contributed by atoms with van der Waals surface area (Å²) in [5.74, 6) is 1.22. The summed E-state index contributed by atoms with van der Waals surface area (Å²) in [5, 5.41) is 11.5. The zero-order chi connectivity index (χ0) is 16.9. The smallest absolute Gasteiger partial charge is 0.228 e. The first-order valence-electron chi connectivity index (χ1n) is 7.49. The minimum absolute atomic E-state index is 0.125. The Morgan fingerprint density at radius 1 is 1.17 bits per heavy atom. The van der Waals surface area contributed by atoms with Gasteiger partial charge in [-0.1, -0.05) is 28.1 Å². The maximum atomic E-state index is 12.3. The summed E-state index contributed by atoms with van der Waals surface area (Å²) in [6, 6.07) is 13.0. The third kappa shape index (κ3) is 3.87. The second kappa shape index (κ2) is 7.37. The Morgan fingerprint density at radius 3 is 2.50 bits per heavy atom. The molecule has 0 saturated carbocycles. The standard InChI is InChI=1S/C18H15BrN2O3/c19-15-11-17-16(23-7-8-24-17)9-13(15)10-18(22)21-14-3-1-12(2-4-14)5-6-20/h1-4,9,11H,5,7-8,10H2,(H,21,22). The van der Waals surface area contributed by atoms with Gasteiger partial charge in [0.25, 0.3) is 0 Å². The van der Waals surface area contributed by atoms with Crippen molar-refractivity contribution in [3.63, 3.8) is 0 Å². The van der Waals surface area contributed by atoms with Crippen molar-refractivity contribution in [1.29, 1.82) is 5.26 Å². The number of hydrogen-bond donors (Lipinski definition) is 1. The first-order valence-corrected chi connectivity index (χ1v) is 8.29. The van der Waals surface area contributed by atoms with Gasteiger partial charge in [-0.15, -0.1) is 0 Å². The van der Waals surface area contributed by atoms with E-state index in [4.69, 9.17) is 14.7 Å². The van der Waals surface area contributed by atoms with E-state index in [0.29, 0.717) is 36.8 Å². The lowest BCUT2D eigenvalue weighted by molar-refractivity contribution is -0.115. The highest BCUT2D eigenvalue weighted by Gasteiger charge is 2.16. The molecule has 3 rings (SSSR count). The van der Waals surface area contributed by atoms with Crippen LogP contribution in [0, 0.1) is 11.3 Å². The van der Waals surface area contributed by atoms with Crippen molar-refractivity contribution in [2.24, 2.45) is 0 Å². The number of benzene rings is 2. The molecule has 0 radical (unpaired) electrons. The summed E-state index contributed by atoms with van der Waals surface area (Å²) in [6.45, 7) is 1.04. The van der Waals surface area contributed by atoms with Crippen LogP contribution < -0.4 is 14.8 Å². The number of fused-ring (bicyclic) bond motifs is 1. The number of nitriles is 1. The molecule has 0 bridgehead atoms. The van der Waals surface area contributed by atoms with Crippen molar-refractivity contribution >= 4 is 27.5 Å². The summed E-state index contributed by atoms with van der Waals surface area (Å²) in [7, 11) is 0. The highest BCUT2D eigenvalue weighted by atomic mass is 79.9. The first-order chi connectivity index (χ1) is 11.7. The van der Waals surface area contributed by atoms with E-state index in [1.165, 1.54) is 0 Å². The van der Waals surface area contributed by atoms with Gasteiger partial charge in [-0.2, -0.15) is 5.26 Å². The molecule has 1 aliphatic rings. The van der Waals surface area contributed by atoms with Gasteiger partial charge in [-0.05, 0) is 35.4 Å². The van der Waals surface area contributed by atoms with E-state index in [0.717, 1.165) is 15.6 Å². The largest absolute Gasteiger partial charge is 0.486 e. The Labute approximate surface area is 148 Å². The number of carbonyl (C=O) groups excluding carboxylic acids is 1. The van der Waals surface area contributed by atoms with Crippen LogP contribution in [0.4, 0.5) is 5.69 Å².